The number of carbonyl (C=O) groups excluding carboxylic acids is 2. The molecule has 0 bridgehead atoms. The van der Waals surface area contributed by atoms with Crippen molar-refractivity contribution in [2.24, 2.45) is 0 Å². The third-order valence-electron chi connectivity index (χ3n) is 5.22. The topological polar surface area (TPSA) is 88.9 Å². The van der Waals surface area contributed by atoms with Gasteiger partial charge in [-0.05, 0) is 55.3 Å². The lowest BCUT2D eigenvalue weighted by Gasteiger charge is -2.23. The van der Waals surface area contributed by atoms with Crippen LogP contribution in [-0.4, -0.2) is 32.6 Å². The smallest absolute Gasteiger partial charge is 0.255 e. The van der Waals surface area contributed by atoms with E-state index in [0.29, 0.717) is 21.8 Å². The fourth-order valence-corrected chi connectivity index (χ4v) is 3.80. The predicted octanol–water partition coefficient (Wildman–Crippen LogP) is 4.24. The highest BCUT2D eigenvalue weighted by atomic mass is 35.5. The van der Waals surface area contributed by atoms with Crippen LogP contribution < -0.4 is 10.6 Å². The van der Waals surface area contributed by atoms with Crippen LogP contribution in [0, 0.1) is 0 Å². The number of aromatic nitrogens is 3. The number of anilines is 1. The number of nitrogens with zero attached hydrogens (tertiary/aromatic N) is 3. The molecule has 30 heavy (non-hydrogen) atoms. The van der Waals surface area contributed by atoms with Gasteiger partial charge in [0.1, 0.15) is 12.7 Å². The van der Waals surface area contributed by atoms with Crippen molar-refractivity contribution >= 4 is 29.1 Å². The first-order valence-electron chi connectivity index (χ1n) is 9.97. The zero-order valence-corrected chi connectivity index (χ0v) is 17.1. The number of hydrogen-bond donors (Lipinski definition) is 2. The van der Waals surface area contributed by atoms with E-state index in [1.165, 1.54) is 12.7 Å². The summed E-state index contributed by atoms with van der Waals surface area (Å²) in [6.07, 6.45) is 8.49. The minimum Gasteiger partial charge on any atom is -0.349 e. The Morgan fingerprint density at radius 1 is 1.00 bits per heavy atom. The summed E-state index contributed by atoms with van der Waals surface area (Å²) in [5.41, 5.74) is 2.17. The van der Waals surface area contributed by atoms with Gasteiger partial charge in [0.2, 0.25) is 0 Å². The molecule has 2 aromatic carbocycles. The number of carbonyl (C=O) groups is 2. The molecule has 2 amide bonds. The molecular weight excluding hydrogens is 402 g/mol. The Balaban J connectivity index is 1.44. The van der Waals surface area contributed by atoms with Gasteiger partial charge in [-0.25, -0.2) is 9.67 Å². The van der Waals surface area contributed by atoms with Crippen LogP contribution in [0.25, 0.3) is 5.69 Å². The zero-order chi connectivity index (χ0) is 20.9. The Hall–Kier alpha value is -3.19. The van der Waals surface area contributed by atoms with Crippen LogP contribution in [0.1, 0.15) is 52.8 Å². The Bertz CT molecular complexity index is 1030. The van der Waals surface area contributed by atoms with Gasteiger partial charge in [0.15, 0.2) is 0 Å². The van der Waals surface area contributed by atoms with Gasteiger partial charge < -0.3 is 10.6 Å². The largest absolute Gasteiger partial charge is 0.349 e. The van der Waals surface area contributed by atoms with Crippen LogP contribution in [0.15, 0.2) is 55.1 Å². The minimum absolute atomic E-state index is 0.184. The second-order valence-electron chi connectivity index (χ2n) is 7.34. The second-order valence-corrected chi connectivity index (χ2v) is 7.75. The summed E-state index contributed by atoms with van der Waals surface area (Å²) in [6.45, 7) is 0. The number of nitrogens with one attached hydrogen (secondary N) is 2. The normalized spacial score (nSPS) is 14.3. The molecule has 154 valence electrons. The van der Waals surface area contributed by atoms with Crippen molar-refractivity contribution < 1.29 is 9.59 Å². The number of amides is 2. The molecule has 2 N–H and O–H groups in total. The van der Waals surface area contributed by atoms with E-state index in [0.717, 1.165) is 31.4 Å². The summed E-state index contributed by atoms with van der Waals surface area (Å²) in [4.78, 5) is 29.2. The lowest BCUT2D eigenvalue weighted by Crippen LogP contribution is -2.36. The standard InChI is InChI=1S/C22H22ClN5O2/c23-20-11-8-17(12-19(20)22(30)26-16-4-2-1-3-5-16)27-21(29)15-6-9-18(10-7-15)28-14-24-13-25-28/h6-14,16H,1-5H2,(H,26,30)(H,27,29). The quantitative estimate of drug-likeness (QED) is 0.642. The van der Waals surface area contributed by atoms with Crippen molar-refractivity contribution in [3.63, 3.8) is 0 Å². The van der Waals surface area contributed by atoms with Crippen LogP contribution in [0.2, 0.25) is 5.02 Å². The van der Waals surface area contributed by atoms with Gasteiger partial charge in [-0.15, -0.1) is 0 Å². The fraction of sp³-hybridized carbons (Fsp3) is 0.273. The van der Waals surface area contributed by atoms with E-state index >= 15 is 0 Å². The van der Waals surface area contributed by atoms with E-state index in [9.17, 15) is 9.59 Å². The molecule has 1 aliphatic rings. The summed E-state index contributed by atoms with van der Waals surface area (Å²) in [6, 6.07) is 12.1. The van der Waals surface area contributed by atoms with Crippen LogP contribution in [0.4, 0.5) is 5.69 Å². The Morgan fingerprint density at radius 2 is 1.77 bits per heavy atom. The molecule has 1 aromatic heterocycles. The van der Waals surface area contributed by atoms with Gasteiger partial charge >= 0.3 is 0 Å². The van der Waals surface area contributed by atoms with E-state index in [-0.39, 0.29) is 17.9 Å². The van der Waals surface area contributed by atoms with Gasteiger partial charge in [-0.3, -0.25) is 9.59 Å². The molecule has 7 nitrogen and oxygen atoms in total. The summed E-state index contributed by atoms with van der Waals surface area (Å²) in [7, 11) is 0. The van der Waals surface area contributed by atoms with Crippen molar-refractivity contribution in [2.45, 2.75) is 38.1 Å². The Labute approximate surface area is 179 Å². The van der Waals surface area contributed by atoms with E-state index in [1.807, 2.05) is 0 Å². The van der Waals surface area contributed by atoms with Crippen molar-refractivity contribution in [3.05, 3.63) is 71.3 Å². The van der Waals surface area contributed by atoms with E-state index in [2.05, 4.69) is 20.7 Å². The second kappa shape index (κ2) is 9.09. The number of hydrogen-bond acceptors (Lipinski definition) is 4. The van der Waals surface area contributed by atoms with Crippen LogP contribution in [0.5, 0.6) is 0 Å². The molecule has 1 fully saturated rings. The van der Waals surface area contributed by atoms with Crippen LogP contribution in [0.3, 0.4) is 0 Å². The average Bonchev–Trinajstić information content (AvgIpc) is 3.31. The van der Waals surface area contributed by atoms with Crippen molar-refractivity contribution in [1.82, 2.24) is 20.1 Å². The molecule has 8 heteroatoms. The molecule has 0 saturated heterocycles. The third-order valence-corrected chi connectivity index (χ3v) is 5.55. The zero-order valence-electron chi connectivity index (χ0n) is 16.3. The first-order chi connectivity index (χ1) is 14.6. The molecule has 0 radical (unpaired) electrons. The lowest BCUT2D eigenvalue weighted by atomic mass is 9.95. The van der Waals surface area contributed by atoms with Crippen molar-refractivity contribution in [1.29, 1.82) is 0 Å². The molecule has 4 rings (SSSR count). The molecule has 1 heterocycles. The highest BCUT2D eigenvalue weighted by Crippen LogP contribution is 2.23. The monoisotopic (exact) mass is 423 g/mol. The summed E-state index contributed by atoms with van der Waals surface area (Å²) < 4.78 is 1.61. The lowest BCUT2D eigenvalue weighted by molar-refractivity contribution is 0.0926. The first kappa shape index (κ1) is 20.1. The van der Waals surface area contributed by atoms with Crippen LogP contribution in [-0.2, 0) is 0 Å². The maximum Gasteiger partial charge on any atom is 0.255 e. The van der Waals surface area contributed by atoms with Gasteiger partial charge in [-0.1, -0.05) is 30.9 Å². The minimum atomic E-state index is -0.277. The molecule has 0 unspecified atom stereocenters. The first-order valence-corrected chi connectivity index (χ1v) is 10.3. The van der Waals surface area contributed by atoms with E-state index in [4.69, 9.17) is 11.6 Å². The molecule has 3 aromatic rings. The van der Waals surface area contributed by atoms with E-state index < -0.39 is 0 Å². The summed E-state index contributed by atoms with van der Waals surface area (Å²) in [5, 5.41) is 10.3. The summed E-state index contributed by atoms with van der Waals surface area (Å²) >= 11 is 6.24. The number of halogens is 1. The van der Waals surface area contributed by atoms with Gasteiger partial charge in [0.05, 0.1) is 16.3 Å². The van der Waals surface area contributed by atoms with Gasteiger partial charge in [0.25, 0.3) is 11.8 Å². The maximum atomic E-state index is 12.7. The average molecular weight is 424 g/mol. The Kier molecular flexibility index (Phi) is 6.09. The van der Waals surface area contributed by atoms with Crippen molar-refractivity contribution in [2.75, 3.05) is 5.32 Å². The summed E-state index contributed by atoms with van der Waals surface area (Å²) in [5.74, 6) is -0.485. The maximum absolute atomic E-state index is 12.7. The molecule has 0 atom stereocenters. The third kappa shape index (κ3) is 4.68. The molecular formula is C22H22ClN5O2. The number of rotatable bonds is 5. The predicted molar refractivity (Wildman–Crippen MR) is 115 cm³/mol. The van der Waals surface area contributed by atoms with E-state index in [1.54, 1.807) is 53.5 Å². The SMILES string of the molecule is O=C(Nc1ccc(Cl)c(C(=O)NC2CCCCC2)c1)c1ccc(-n2cncn2)cc1. The van der Waals surface area contributed by atoms with Gasteiger partial charge in [0, 0.05) is 17.3 Å². The van der Waals surface area contributed by atoms with Gasteiger partial charge in [-0.2, -0.15) is 5.10 Å². The molecule has 1 aliphatic carbocycles. The van der Waals surface area contributed by atoms with Crippen LogP contribution >= 0.6 is 11.6 Å². The highest BCUT2D eigenvalue weighted by molar-refractivity contribution is 6.34. The van der Waals surface area contributed by atoms with Crippen molar-refractivity contribution in [3.8, 4) is 5.69 Å². The molecule has 0 aliphatic heterocycles. The fourth-order valence-electron chi connectivity index (χ4n) is 3.60. The molecule has 0 spiro atoms. The molecule has 1 saturated carbocycles. The number of benzene rings is 2. The highest BCUT2D eigenvalue weighted by Gasteiger charge is 2.19. The Morgan fingerprint density at radius 3 is 2.47 bits per heavy atom.